The van der Waals surface area contributed by atoms with Crippen molar-refractivity contribution in [3.8, 4) is 0 Å². The zero-order chi connectivity index (χ0) is 15.2. The molecule has 5 heteroatoms. The zero-order valence-electron chi connectivity index (χ0n) is 12.4. The number of H-pyrrole nitrogens is 1. The van der Waals surface area contributed by atoms with Crippen molar-refractivity contribution < 1.29 is 4.79 Å². The van der Waals surface area contributed by atoms with Crippen LogP contribution in [0.5, 0.6) is 0 Å². The van der Waals surface area contributed by atoms with Crippen LogP contribution in [0.4, 0.5) is 5.82 Å². The molecule has 3 N–H and O–H groups in total. The van der Waals surface area contributed by atoms with E-state index in [1.807, 2.05) is 38.1 Å². The first-order chi connectivity index (χ1) is 10.1. The van der Waals surface area contributed by atoms with Crippen LogP contribution in [0.1, 0.15) is 26.7 Å². The average molecular weight is 287 g/mol. The van der Waals surface area contributed by atoms with Gasteiger partial charge >= 0.3 is 0 Å². The van der Waals surface area contributed by atoms with E-state index in [0.717, 1.165) is 11.8 Å². The maximum absolute atomic E-state index is 11.9. The molecule has 0 aliphatic carbocycles. The van der Waals surface area contributed by atoms with E-state index in [0.29, 0.717) is 24.2 Å². The lowest BCUT2D eigenvalue weighted by Crippen LogP contribution is -2.33. The molecule has 0 fully saturated rings. The second-order valence-corrected chi connectivity index (χ2v) is 5.15. The topological polar surface area (TPSA) is 74.0 Å². The summed E-state index contributed by atoms with van der Waals surface area (Å²) in [7, 11) is 0. The lowest BCUT2D eigenvalue weighted by atomic mass is 10.2. The molecule has 0 aliphatic rings. The first-order valence-corrected chi connectivity index (χ1v) is 7.25. The van der Waals surface area contributed by atoms with E-state index >= 15 is 0 Å². The van der Waals surface area contributed by atoms with Gasteiger partial charge in [0.25, 0.3) is 5.56 Å². The van der Waals surface area contributed by atoms with Gasteiger partial charge in [0.2, 0.25) is 5.91 Å². The quantitative estimate of drug-likeness (QED) is 0.763. The molecule has 1 aromatic carbocycles. The molecule has 2 rings (SSSR count). The molecule has 0 aliphatic heterocycles. The maximum Gasteiger partial charge on any atom is 0.257 e. The number of pyridine rings is 1. The number of fused-ring (bicyclic) bond motifs is 1. The zero-order valence-corrected chi connectivity index (χ0v) is 12.4. The van der Waals surface area contributed by atoms with Gasteiger partial charge in [-0.05, 0) is 30.9 Å². The van der Waals surface area contributed by atoms with Crippen LogP contribution in [-0.4, -0.2) is 23.5 Å². The summed E-state index contributed by atoms with van der Waals surface area (Å²) < 4.78 is 0. The van der Waals surface area contributed by atoms with Gasteiger partial charge in [-0.15, -0.1) is 0 Å². The minimum Gasteiger partial charge on any atom is -0.371 e. The van der Waals surface area contributed by atoms with Crippen LogP contribution in [0.25, 0.3) is 10.8 Å². The number of anilines is 1. The molecular weight excluding hydrogens is 266 g/mol. The number of benzene rings is 1. The summed E-state index contributed by atoms with van der Waals surface area (Å²) >= 11 is 0. The second kappa shape index (κ2) is 6.92. The Labute approximate surface area is 123 Å². The summed E-state index contributed by atoms with van der Waals surface area (Å²) in [5, 5.41) is 7.54. The Morgan fingerprint density at radius 1 is 1.33 bits per heavy atom. The smallest absolute Gasteiger partial charge is 0.257 e. The predicted molar refractivity (Wildman–Crippen MR) is 85.6 cm³/mol. The van der Waals surface area contributed by atoms with Gasteiger partial charge < -0.3 is 15.6 Å². The number of hydrogen-bond donors (Lipinski definition) is 3. The molecule has 2 aromatic rings. The van der Waals surface area contributed by atoms with Crippen molar-refractivity contribution in [3.63, 3.8) is 0 Å². The van der Waals surface area contributed by atoms with Gasteiger partial charge in [-0.3, -0.25) is 9.59 Å². The van der Waals surface area contributed by atoms with Crippen LogP contribution < -0.4 is 16.2 Å². The van der Waals surface area contributed by atoms with Gasteiger partial charge in [0.15, 0.2) is 0 Å². The average Bonchev–Trinajstić information content (AvgIpc) is 2.47. The molecule has 5 nitrogen and oxygen atoms in total. The summed E-state index contributed by atoms with van der Waals surface area (Å²) in [6.45, 7) is 4.49. The third-order valence-electron chi connectivity index (χ3n) is 3.44. The van der Waals surface area contributed by atoms with Crippen LogP contribution in [0.15, 0.2) is 35.1 Å². The van der Waals surface area contributed by atoms with Gasteiger partial charge in [-0.25, -0.2) is 0 Å². The Hall–Kier alpha value is -2.30. The van der Waals surface area contributed by atoms with E-state index < -0.39 is 0 Å². The highest BCUT2D eigenvalue weighted by Gasteiger charge is 2.05. The minimum absolute atomic E-state index is 0.0139. The predicted octanol–water partition coefficient (Wildman–Crippen LogP) is 2.24. The van der Waals surface area contributed by atoms with E-state index in [-0.39, 0.29) is 17.5 Å². The monoisotopic (exact) mass is 287 g/mol. The van der Waals surface area contributed by atoms with Crippen LogP contribution in [0.3, 0.4) is 0 Å². The van der Waals surface area contributed by atoms with E-state index in [2.05, 4.69) is 15.6 Å². The number of rotatable bonds is 6. The van der Waals surface area contributed by atoms with Crippen molar-refractivity contribution in [3.05, 3.63) is 40.7 Å². The standard InChI is InChI=1S/C16H21N3O2/c1-3-11(2)18-15(20)8-9-17-14-10-12-6-4-5-7-13(12)16(21)19-14/h4-7,10-11H,3,8-9H2,1-2H3,(H,18,20)(H2,17,19,21). The third-order valence-corrected chi connectivity index (χ3v) is 3.44. The highest BCUT2D eigenvalue weighted by Crippen LogP contribution is 2.12. The number of hydrogen-bond acceptors (Lipinski definition) is 3. The number of amides is 1. The first-order valence-electron chi connectivity index (χ1n) is 7.25. The number of aromatic amines is 1. The van der Waals surface area contributed by atoms with E-state index in [1.54, 1.807) is 6.07 Å². The number of carbonyl (C=O) groups excluding carboxylic acids is 1. The largest absolute Gasteiger partial charge is 0.371 e. The molecule has 0 bridgehead atoms. The Kier molecular flexibility index (Phi) is 4.98. The third kappa shape index (κ3) is 4.08. The Bertz CT molecular complexity index is 679. The first kappa shape index (κ1) is 15.1. The van der Waals surface area contributed by atoms with E-state index in [9.17, 15) is 9.59 Å². The number of carbonyl (C=O) groups is 1. The number of aromatic nitrogens is 1. The number of nitrogens with one attached hydrogen (secondary N) is 3. The van der Waals surface area contributed by atoms with E-state index in [1.165, 1.54) is 0 Å². The van der Waals surface area contributed by atoms with Crippen molar-refractivity contribution >= 4 is 22.5 Å². The molecule has 21 heavy (non-hydrogen) atoms. The van der Waals surface area contributed by atoms with Crippen molar-refractivity contribution in [1.82, 2.24) is 10.3 Å². The Morgan fingerprint density at radius 2 is 2.10 bits per heavy atom. The second-order valence-electron chi connectivity index (χ2n) is 5.15. The van der Waals surface area contributed by atoms with Gasteiger partial charge in [0.05, 0.1) is 0 Å². The van der Waals surface area contributed by atoms with Crippen molar-refractivity contribution in [1.29, 1.82) is 0 Å². The van der Waals surface area contributed by atoms with Gasteiger partial charge in [-0.1, -0.05) is 25.1 Å². The Morgan fingerprint density at radius 3 is 2.86 bits per heavy atom. The fourth-order valence-electron chi connectivity index (χ4n) is 2.07. The summed E-state index contributed by atoms with van der Waals surface area (Å²) in [6, 6.07) is 9.49. The fraction of sp³-hybridized carbons (Fsp3) is 0.375. The van der Waals surface area contributed by atoms with Crippen LogP contribution >= 0.6 is 0 Å². The molecule has 0 saturated carbocycles. The molecule has 1 heterocycles. The van der Waals surface area contributed by atoms with Gasteiger partial charge in [0, 0.05) is 24.4 Å². The van der Waals surface area contributed by atoms with Crippen LogP contribution in [-0.2, 0) is 4.79 Å². The fourth-order valence-corrected chi connectivity index (χ4v) is 2.07. The SMILES string of the molecule is CCC(C)NC(=O)CCNc1cc2ccccc2c(=O)[nH]1. The highest BCUT2D eigenvalue weighted by molar-refractivity contribution is 5.83. The Balaban J connectivity index is 1.95. The van der Waals surface area contributed by atoms with Crippen molar-refractivity contribution in [2.75, 3.05) is 11.9 Å². The minimum atomic E-state index is -0.125. The molecule has 0 saturated heterocycles. The van der Waals surface area contributed by atoms with Crippen LogP contribution in [0, 0.1) is 0 Å². The highest BCUT2D eigenvalue weighted by atomic mass is 16.1. The van der Waals surface area contributed by atoms with E-state index in [4.69, 9.17) is 0 Å². The molecule has 1 unspecified atom stereocenters. The molecule has 1 aromatic heterocycles. The molecule has 1 amide bonds. The summed E-state index contributed by atoms with van der Waals surface area (Å²) in [5.41, 5.74) is -0.125. The molecule has 1 atom stereocenters. The van der Waals surface area contributed by atoms with Gasteiger partial charge in [-0.2, -0.15) is 0 Å². The maximum atomic E-state index is 11.9. The summed E-state index contributed by atoms with van der Waals surface area (Å²) in [5.74, 6) is 0.648. The normalized spacial score (nSPS) is 12.1. The lowest BCUT2D eigenvalue weighted by Gasteiger charge is -2.12. The van der Waals surface area contributed by atoms with Crippen molar-refractivity contribution in [2.24, 2.45) is 0 Å². The lowest BCUT2D eigenvalue weighted by molar-refractivity contribution is -0.121. The summed E-state index contributed by atoms with van der Waals surface area (Å²) in [6.07, 6.45) is 1.29. The molecular formula is C16H21N3O2. The molecule has 0 spiro atoms. The van der Waals surface area contributed by atoms with Crippen LogP contribution in [0.2, 0.25) is 0 Å². The molecule has 0 radical (unpaired) electrons. The summed E-state index contributed by atoms with van der Waals surface area (Å²) in [4.78, 5) is 26.3. The van der Waals surface area contributed by atoms with Crippen molar-refractivity contribution in [2.45, 2.75) is 32.7 Å². The molecule has 112 valence electrons. The van der Waals surface area contributed by atoms with Gasteiger partial charge in [0.1, 0.15) is 5.82 Å².